The lowest BCUT2D eigenvalue weighted by molar-refractivity contribution is -0.116. The van der Waals surface area contributed by atoms with E-state index in [0.717, 1.165) is 19.3 Å². The van der Waals surface area contributed by atoms with Crippen LogP contribution in [0.15, 0.2) is 18.2 Å². The van der Waals surface area contributed by atoms with E-state index in [1.54, 1.807) is 13.2 Å². The van der Waals surface area contributed by atoms with Gasteiger partial charge in [-0.15, -0.1) is 0 Å². The molecule has 3 rings (SSSR count). The van der Waals surface area contributed by atoms with Gasteiger partial charge in [-0.2, -0.15) is 0 Å². The van der Waals surface area contributed by atoms with Crippen LogP contribution in [0.3, 0.4) is 0 Å². The summed E-state index contributed by atoms with van der Waals surface area (Å²) in [5.74, 6) is -0.448. The molecule has 1 amide bonds. The van der Waals surface area contributed by atoms with Gasteiger partial charge >= 0.3 is 0 Å². The maximum atomic E-state index is 13.7. The fraction of sp³-hybridized carbons (Fsp3) is 0.588. The fourth-order valence-electron chi connectivity index (χ4n) is 3.75. The Morgan fingerprint density at radius 2 is 2.00 bits per heavy atom. The molecule has 0 unspecified atom stereocenters. The number of carbonyl (C=O) groups excluding carboxylic acids is 1. The van der Waals surface area contributed by atoms with Gasteiger partial charge < -0.3 is 14.4 Å². The molecule has 2 fully saturated rings. The third kappa shape index (κ3) is 2.47. The summed E-state index contributed by atoms with van der Waals surface area (Å²) in [5, 5.41) is 0. The Hall–Kier alpha value is -1.62. The third-order valence-corrected chi connectivity index (χ3v) is 5.32. The van der Waals surface area contributed by atoms with E-state index in [9.17, 15) is 9.18 Å². The van der Waals surface area contributed by atoms with E-state index < -0.39 is 5.82 Å². The third-order valence-electron chi connectivity index (χ3n) is 5.32. The van der Waals surface area contributed by atoms with E-state index in [4.69, 9.17) is 9.47 Å². The molecular formula is C17H22FNO3. The average Bonchev–Trinajstić information content (AvgIpc) is 2.53. The summed E-state index contributed by atoms with van der Waals surface area (Å²) in [6.45, 7) is 1.43. The molecule has 1 aliphatic heterocycles. The molecule has 4 nitrogen and oxygen atoms in total. The van der Waals surface area contributed by atoms with Crippen LogP contribution < -0.4 is 4.74 Å². The summed E-state index contributed by atoms with van der Waals surface area (Å²) in [6.07, 6.45) is 4.58. The summed E-state index contributed by atoms with van der Waals surface area (Å²) in [5.41, 5.74) is 0.641. The molecule has 1 spiro atoms. The van der Waals surface area contributed by atoms with E-state index in [2.05, 4.69) is 0 Å². The second-order valence-electron chi connectivity index (χ2n) is 6.27. The average molecular weight is 307 g/mol. The molecule has 0 radical (unpaired) electrons. The molecule has 1 aromatic carbocycles. The number of likely N-dealkylation sites (tertiary alicyclic amines) is 1. The number of carbonyl (C=O) groups is 1. The van der Waals surface area contributed by atoms with Crippen molar-refractivity contribution >= 4 is 5.91 Å². The van der Waals surface area contributed by atoms with Crippen molar-refractivity contribution in [2.75, 3.05) is 27.3 Å². The second-order valence-corrected chi connectivity index (χ2v) is 6.27. The number of methoxy groups -OCH3 is 2. The molecule has 0 bridgehead atoms. The molecule has 5 heteroatoms. The van der Waals surface area contributed by atoms with E-state index in [1.807, 2.05) is 4.90 Å². The standard InChI is InChI=1S/C17H22FNO3/c1-21-14-4-3-12(11-13(14)18)16(20)19-9-7-17(8-10-19)6-5-15(17)22-2/h3-4,11,15H,5-10H2,1-2H3/t15-/m0/s1. The largest absolute Gasteiger partial charge is 0.494 e. The number of piperidine rings is 1. The lowest BCUT2D eigenvalue weighted by Crippen LogP contribution is -2.53. The molecule has 120 valence electrons. The van der Waals surface area contributed by atoms with Crippen LogP contribution in [0, 0.1) is 11.2 Å². The first-order valence-corrected chi connectivity index (χ1v) is 7.75. The quantitative estimate of drug-likeness (QED) is 0.862. The number of benzene rings is 1. The smallest absolute Gasteiger partial charge is 0.253 e. The van der Waals surface area contributed by atoms with Crippen molar-refractivity contribution in [3.63, 3.8) is 0 Å². The minimum Gasteiger partial charge on any atom is -0.494 e. The minimum atomic E-state index is -0.500. The number of halogens is 1. The molecule has 1 heterocycles. The normalized spacial score (nSPS) is 23.2. The first-order chi connectivity index (χ1) is 10.6. The van der Waals surface area contributed by atoms with Gasteiger partial charge in [0.15, 0.2) is 11.6 Å². The highest BCUT2D eigenvalue weighted by atomic mass is 19.1. The van der Waals surface area contributed by atoms with Crippen molar-refractivity contribution in [3.05, 3.63) is 29.6 Å². The van der Waals surface area contributed by atoms with Crippen molar-refractivity contribution in [1.29, 1.82) is 0 Å². The lowest BCUT2D eigenvalue weighted by Gasteiger charge is -2.53. The summed E-state index contributed by atoms with van der Waals surface area (Å²) < 4.78 is 24.2. The summed E-state index contributed by atoms with van der Waals surface area (Å²) in [7, 11) is 3.18. The first-order valence-electron chi connectivity index (χ1n) is 7.75. The maximum Gasteiger partial charge on any atom is 0.253 e. The molecule has 1 aliphatic carbocycles. The predicted octanol–water partition coefficient (Wildman–Crippen LogP) is 2.87. The van der Waals surface area contributed by atoms with Crippen LogP contribution in [0.1, 0.15) is 36.0 Å². The number of hydrogen-bond acceptors (Lipinski definition) is 3. The van der Waals surface area contributed by atoms with Crippen molar-refractivity contribution in [3.8, 4) is 5.75 Å². The van der Waals surface area contributed by atoms with Gasteiger partial charge in [-0.25, -0.2) is 4.39 Å². The number of amides is 1. The van der Waals surface area contributed by atoms with Crippen molar-refractivity contribution < 1.29 is 18.7 Å². The molecule has 2 aliphatic rings. The first kappa shape index (κ1) is 15.3. The van der Waals surface area contributed by atoms with Crippen LogP contribution in [0.25, 0.3) is 0 Å². The summed E-state index contributed by atoms with van der Waals surface area (Å²) in [6, 6.07) is 4.38. The number of nitrogens with zero attached hydrogens (tertiary/aromatic N) is 1. The van der Waals surface area contributed by atoms with Crippen molar-refractivity contribution in [2.24, 2.45) is 5.41 Å². The highest BCUT2D eigenvalue weighted by Crippen LogP contribution is 2.50. The van der Waals surface area contributed by atoms with Crippen LogP contribution in [0.2, 0.25) is 0 Å². The van der Waals surface area contributed by atoms with Gasteiger partial charge in [-0.3, -0.25) is 4.79 Å². The predicted molar refractivity (Wildman–Crippen MR) is 80.6 cm³/mol. The molecule has 1 saturated heterocycles. The Labute approximate surface area is 130 Å². The molecule has 1 aromatic rings. The molecule has 1 saturated carbocycles. The lowest BCUT2D eigenvalue weighted by atomic mass is 9.60. The van der Waals surface area contributed by atoms with E-state index in [-0.39, 0.29) is 17.1 Å². The Morgan fingerprint density at radius 3 is 2.50 bits per heavy atom. The van der Waals surface area contributed by atoms with E-state index in [1.165, 1.54) is 25.7 Å². The zero-order valence-corrected chi connectivity index (χ0v) is 13.1. The Morgan fingerprint density at radius 1 is 1.27 bits per heavy atom. The maximum absolute atomic E-state index is 13.7. The zero-order valence-electron chi connectivity index (χ0n) is 13.1. The zero-order chi connectivity index (χ0) is 15.7. The summed E-state index contributed by atoms with van der Waals surface area (Å²) in [4.78, 5) is 14.3. The van der Waals surface area contributed by atoms with E-state index >= 15 is 0 Å². The molecule has 1 atom stereocenters. The van der Waals surface area contributed by atoms with Crippen LogP contribution in [0.5, 0.6) is 5.75 Å². The van der Waals surface area contributed by atoms with Crippen LogP contribution in [0.4, 0.5) is 4.39 Å². The topological polar surface area (TPSA) is 38.8 Å². The Balaban J connectivity index is 1.66. The molecule has 22 heavy (non-hydrogen) atoms. The fourth-order valence-corrected chi connectivity index (χ4v) is 3.75. The number of ether oxygens (including phenoxy) is 2. The van der Waals surface area contributed by atoms with Gasteiger partial charge in [-0.1, -0.05) is 0 Å². The number of rotatable bonds is 3. The number of hydrogen-bond donors (Lipinski definition) is 0. The monoisotopic (exact) mass is 307 g/mol. The highest BCUT2D eigenvalue weighted by Gasteiger charge is 2.48. The second kappa shape index (κ2) is 5.88. The van der Waals surface area contributed by atoms with E-state index in [0.29, 0.717) is 24.8 Å². The molecule has 0 N–H and O–H groups in total. The van der Waals surface area contributed by atoms with Gasteiger partial charge in [-0.05, 0) is 43.9 Å². The van der Waals surface area contributed by atoms with Crippen LogP contribution in [-0.2, 0) is 4.74 Å². The molecule has 0 aromatic heterocycles. The van der Waals surface area contributed by atoms with Crippen molar-refractivity contribution in [1.82, 2.24) is 4.90 Å². The van der Waals surface area contributed by atoms with Crippen molar-refractivity contribution in [2.45, 2.75) is 31.8 Å². The highest BCUT2D eigenvalue weighted by molar-refractivity contribution is 5.94. The van der Waals surface area contributed by atoms with Gasteiger partial charge in [0.1, 0.15) is 0 Å². The summed E-state index contributed by atoms with van der Waals surface area (Å²) >= 11 is 0. The molecular weight excluding hydrogens is 285 g/mol. The van der Waals surface area contributed by atoms with Gasteiger partial charge in [0.05, 0.1) is 13.2 Å². The minimum absolute atomic E-state index is 0.107. The van der Waals surface area contributed by atoms with Gasteiger partial charge in [0.2, 0.25) is 0 Å². The van der Waals surface area contributed by atoms with Crippen LogP contribution in [-0.4, -0.2) is 44.2 Å². The van der Waals surface area contributed by atoms with Gasteiger partial charge in [0.25, 0.3) is 5.91 Å². The van der Waals surface area contributed by atoms with Gasteiger partial charge in [0, 0.05) is 31.2 Å². The Bertz CT molecular complexity index is 565. The Kier molecular flexibility index (Phi) is 4.08. The van der Waals surface area contributed by atoms with Crippen LogP contribution >= 0.6 is 0 Å². The SMILES string of the molecule is COc1ccc(C(=O)N2CCC3(CC[C@@H]3OC)CC2)cc1F.